The molecule has 0 bridgehead atoms. The van der Waals surface area contributed by atoms with Gasteiger partial charge >= 0.3 is 0 Å². The molecule has 0 heterocycles. The largest absolute Gasteiger partial charge is 0.355 e. The van der Waals surface area contributed by atoms with Crippen molar-refractivity contribution in [3.05, 3.63) is 0 Å². The minimum absolute atomic E-state index is 0.237. The highest BCUT2D eigenvalue weighted by Crippen LogP contribution is 2.28. The summed E-state index contributed by atoms with van der Waals surface area (Å²) in [6.45, 7) is 5.83. The Hall–Kier alpha value is -0.570. The van der Waals surface area contributed by atoms with E-state index in [1.165, 1.54) is 0 Å². The molecule has 0 aromatic carbocycles. The van der Waals surface area contributed by atoms with Crippen LogP contribution in [0, 0.1) is 5.92 Å². The van der Waals surface area contributed by atoms with Crippen LogP contribution in [0.5, 0.6) is 0 Å². The summed E-state index contributed by atoms with van der Waals surface area (Å²) >= 11 is 0. The second-order valence-corrected chi connectivity index (χ2v) is 3.67. The third-order valence-electron chi connectivity index (χ3n) is 1.92. The fourth-order valence-corrected chi connectivity index (χ4v) is 1.04. The summed E-state index contributed by atoms with van der Waals surface area (Å²) < 4.78 is 0. The van der Waals surface area contributed by atoms with Crippen molar-refractivity contribution in [3.8, 4) is 0 Å². The first-order valence-electron chi connectivity index (χ1n) is 4.71. The lowest BCUT2D eigenvalue weighted by molar-refractivity contribution is -0.122. The van der Waals surface area contributed by atoms with Gasteiger partial charge in [0.25, 0.3) is 0 Å². The van der Waals surface area contributed by atoms with Gasteiger partial charge < -0.3 is 10.6 Å². The van der Waals surface area contributed by atoms with Crippen molar-refractivity contribution in [1.82, 2.24) is 10.6 Å². The van der Waals surface area contributed by atoms with Crippen LogP contribution in [-0.4, -0.2) is 25.0 Å². The van der Waals surface area contributed by atoms with Crippen LogP contribution in [0.4, 0.5) is 0 Å². The Bertz CT molecular complexity index is 153. The van der Waals surface area contributed by atoms with Crippen LogP contribution in [0.25, 0.3) is 0 Å². The molecule has 1 aliphatic rings. The van der Waals surface area contributed by atoms with Crippen molar-refractivity contribution < 1.29 is 4.79 Å². The first-order valence-corrected chi connectivity index (χ1v) is 4.71. The van der Waals surface area contributed by atoms with Gasteiger partial charge in [-0.2, -0.15) is 0 Å². The number of hydrogen-bond acceptors (Lipinski definition) is 2. The van der Waals surface area contributed by atoms with Crippen LogP contribution in [-0.2, 0) is 4.79 Å². The Balaban J connectivity index is 1.91. The lowest BCUT2D eigenvalue weighted by Crippen LogP contribution is -2.35. The molecule has 3 heteroatoms. The van der Waals surface area contributed by atoms with Crippen LogP contribution in [0.3, 0.4) is 0 Å². The highest BCUT2D eigenvalue weighted by molar-refractivity contribution is 5.80. The standard InChI is InChI=1S/C9H18N2O/c1-7(2)10-5-6-11-9(12)8-3-4-8/h7-8,10H,3-6H2,1-2H3,(H,11,12). The highest BCUT2D eigenvalue weighted by Gasteiger charge is 2.28. The Morgan fingerprint density at radius 1 is 1.42 bits per heavy atom. The molecule has 1 rings (SSSR count). The summed E-state index contributed by atoms with van der Waals surface area (Å²) in [6, 6.07) is 0.503. The third kappa shape index (κ3) is 3.72. The Labute approximate surface area is 73.9 Å². The normalized spacial score (nSPS) is 16.6. The number of amides is 1. The van der Waals surface area contributed by atoms with E-state index in [9.17, 15) is 4.79 Å². The van der Waals surface area contributed by atoms with E-state index < -0.39 is 0 Å². The molecule has 1 fully saturated rings. The lowest BCUT2D eigenvalue weighted by atomic mass is 10.4. The smallest absolute Gasteiger partial charge is 0.223 e. The quantitative estimate of drug-likeness (QED) is 0.590. The van der Waals surface area contributed by atoms with Crippen LogP contribution in [0.1, 0.15) is 26.7 Å². The molecule has 0 spiro atoms. The number of carbonyl (C=O) groups is 1. The van der Waals surface area contributed by atoms with Crippen LogP contribution >= 0.6 is 0 Å². The van der Waals surface area contributed by atoms with E-state index >= 15 is 0 Å². The van der Waals surface area contributed by atoms with Gasteiger partial charge in [-0.25, -0.2) is 0 Å². The monoisotopic (exact) mass is 170 g/mol. The van der Waals surface area contributed by atoms with Crippen molar-refractivity contribution in [2.24, 2.45) is 5.92 Å². The van der Waals surface area contributed by atoms with Crippen molar-refractivity contribution in [1.29, 1.82) is 0 Å². The molecule has 0 atom stereocenters. The fraction of sp³-hybridized carbons (Fsp3) is 0.889. The second kappa shape index (κ2) is 4.45. The van der Waals surface area contributed by atoms with E-state index in [1.54, 1.807) is 0 Å². The maximum atomic E-state index is 11.1. The van der Waals surface area contributed by atoms with Gasteiger partial charge in [0.2, 0.25) is 5.91 Å². The number of rotatable bonds is 5. The third-order valence-corrected chi connectivity index (χ3v) is 1.92. The summed E-state index contributed by atoms with van der Waals surface area (Å²) in [6.07, 6.45) is 2.17. The zero-order chi connectivity index (χ0) is 8.97. The van der Waals surface area contributed by atoms with Crippen molar-refractivity contribution in [2.75, 3.05) is 13.1 Å². The number of nitrogens with one attached hydrogen (secondary N) is 2. The van der Waals surface area contributed by atoms with Gasteiger partial charge in [0, 0.05) is 25.0 Å². The Morgan fingerprint density at radius 2 is 2.08 bits per heavy atom. The van der Waals surface area contributed by atoms with Crippen molar-refractivity contribution in [3.63, 3.8) is 0 Å². The maximum absolute atomic E-state index is 11.1. The first-order chi connectivity index (χ1) is 5.70. The van der Waals surface area contributed by atoms with Gasteiger partial charge in [0.05, 0.1) is 0 Å². The second-order valence-electron chi connectivity index (χ2n) is 3.67. The summed E-state index contributed by atoms with van der Waals surface area (Å²) in [5.74, 6) is 0.574. The lowest BCUT2D eigenvalue weighted by Gasteiger charge is -2.08. The molecule has 0 radical (unpaired) electrons. The molecular weight excluding hydrogens is 152 g/mol. The van der Waals surface area contributed by atoms with Crippen LogP contribution in [0.15, 0.2) is 0 Å². The number of carbonyl (C=O) groups excluding carboxylic acids is 1. The van der Waals surface area contributed by atoms with Crippen molar-refractivity contribution in [2.45, 2.75) is 32.7 Å². The summed E-state index contributed by atoms with van der Waals surface area (Å²) in [5.41, 5.74) is 0. The molecule has 0 aromatic heterocycles. The topological polar surface area (TPSA) is 41.1 Å². The van der Waals surface area contributed by atoms with Gasteiger partial charge in [0.1, 0.15) is 0 Å². The maximum Gasteiger partial charge on any atom is 0.223 e. The average molecular weight is 170 g/mol. The predicted octanol–water partition coefficient (Wildman–Crippen LogP) is 0.511. The zero-order valence-electron chi connectivity index (χ0n) is 7.89. The molecule has 12 heavy (non-hydrogen) atoms. The SMILES string of the molecule is CC(C)NCCNC(=O)C1CC1. The Kier molecular flexibility index (Phi) is 3.53. The van der Waals surface area contributed by atoms with E-state index in [0.29, 0.717) is 12.0 Å². The first kappa shape index (κ1) is 9.52. The van der Waals surface area contributed by atoms with Gasteiger partial charge in [-0.15, -0.1) is 0 Å². The van der Waals surface area contributed by atoms with E-state index in [-0.39, 0.29) is 5.91 Å². The molecule has 1 saturated carbocycles. The molecule has 0 aliphatic heterocycles. The molecule has 0 saturated heterocycles. The fourth-order valence-electron chi connectivity index (χ4n) is 1.04. The molecule has 0 aromatic rings. The van der Waals surface area contributed by atoms with Crippen LogP contribution < -0.4 is 10.6 Å². The molecule has 70 valence electrons. The van der Waals surface area contributed by atoms with Crippen LogP contribution in [0.2, 0.25) is 0 Å². The van der Waals surface area contributed by atoms with E-state index in [1.807, 2.05) is 0 Å². The van der Waals surface area contributed by atoms with Gasteiger partial charge in [0.15, 0.2) is 0 Å². The Morgan fingerprint density at radius 3 is 2.58 bits per heavy atom. The molecule has 1 aliphatic carbocycles. The minimum Gasteiger partial charge on any atom is -0.355 e. The average Bonchev–Trinajstić information content (AvgIpc) is 2.79. The molecular formula is C9H18N2O. The summed E-state index contributed by atoms with van der Waals surface area (Å²) in [5, 5.41) is 6.14. The molecule has 3 nitrogen and oxygen atoms in total. The zero-order valence-corrected chi connectivity index (χ0v) is 7.89. The predicted molar refractivity (Wildman–Crippen MR) is 48.9 cm³/mol. The molecule has 0 unspecified atom stereocenters. The molecule has 1 amide bonds. The van der Waals surface area contributed by atoms with Gasteiger partial charge in [-0.3, -0.25) is 4.79 Å². The highest BCUT2D eigenvalue weighted by atomic mass is 16.2. The molecule has 2 N–H and O–H groups in total. The summed E-state index contributed by atoms with van der Waals surface area (Å²) in [7, 11) is 0. The number of hydrogen-bond donors (Lipinski definition) is 2. The van der Waals surface area contributed by atoms with Crippen molar-refractivity contribution >= 4 is 5.91 Å². The van der Waals surface area contributed by atoms with E-state index in [4.69, 9.17) is 0 Å². The van der Waals surface area contributed by atoms with Gasteiger partial charge in [-0.05, 0) is 12.8 Å². The summed E-state index contributed by atoms with van der Waals surface area (Å²) in [4.78, 5) is 11.1. The van der Waals surface area contributed by atoms with E-state index in [2.05, 4.69) is 24.5 Å². The van der Waals surface area contributed by atoms with E-state index in [0.717, 1.165) is 25.9 Å². The minimum atomic E-state index is 0.237. The van der Waals surface area contributed by atoms with Gasteiger partial charge in [-0.1, -0.05) is 13.8 Å².